The van der Waals surface area contributed by atoms with E-state index >= 15 is 0 Å². The monoisotopic (exact) mass is 433 g/mol. The Labute approximate surface area is 186 Å². The molecule has 0 spiro atoms. The zero-order valence-corrected chi connectivity index (χ0v) is 18.3. The van der Waals surface area contributed by atoms with Crippen LogP contribution in [0.25, 0.3) is 0 Å². The van der Waals surface area contributed by atoms with Gasteiger partial charge in [-0.2, -0.15) is 5.26 Å². The number of rotatable bonds is 6. The van der Waals surface area contributed by atoms with Crippen molar-refractivity contribution in [2.24, 2.45) is 4.99 Å². The summed E-state index contributed by atoms with van der Waals surface area (Å²) < 4.78 is 6.01. The fraction of sp³-hybridized carbons (Fsp3) is 0.435. The SMILES string of the molecule is CC(C)(OCC(=O)N1CC2CCC(C1)N2c1ccc(C#N)cn1)c1ccc/c(=N/C=N)[nH]1. The van der Waals surface area contributed by atoms with Gasteiger partial charge in [-0.1, -0.05) is 6.07 Å². The molecule has 9 heteroatoms. The van der Waals surface area contributed by atoms with Crippen LogP contribution in [0.3, 0.4) is 0 Å². The number of anilines is 1. The molecule has 2 saturated heterocycles. The molecule has 0 aromatic carbocycles. The number of nitriles is 1. The molecule has 0 aliphatic carbocycles. The molecule has 4 heterocycles. The largest absolute Gasteiger partial charge is 0.360 e. The van der Waals surface area contributed by atoms with Crippen LogP contribution in [0.15, 0.2) is 41.5 Å². The average molecular weight is 434 g/mol. The molecule has 2 unspecified atom stereocenters. The lowest BCUT2D eigenvalue weighted by Gasteiger charge is -2.42. The molecular weight excluding hydrogens is 406 g/mol. The van der Waals surface area contributed by atoms with E-state index in [0.717, 1.165) is 30.7 Å². The number of hydrogen-bond donors (Lipinski definition) is 2. The van der Waals surface area contributed by atoms with E-state index in [2.05, 4.69) is 25.9 Å². The fourth-order valence-corrected chi connectivity index (χ4v) is 4.45. The summed E-state index contributed by atoms with van der Waals surface area (Å²) in [4.78, 5) is 28.7. The second kappa shape index (κ2) is 8.93. The third-order valence-corrected chi connectivity index (χ3v) is 6.16. The molecule has 2 fully saturated rings. The van der Waals surface area contributed by atoms with Crippen LogP contribution < -0.4 is 10.4 Å². The smallest absolute Gasteiger partial charge is 0.248 e. The van der Waals surface area contributed by atoms with E-state index in [1.807, 2.05) is 36.9 Å². The summed E-state index contributed by atoms with van der Waals surface area (Å²) in [5, 5.41) is 16.1. The van der Waals surface area contributed by atoms with E-state index in [1.165, 1.54) is 0 Å². The van der Waals surface area contributed by atoms with Gasteiger partial charge in [0, 0.05) is 37.1 Å². The molecule has 0 radical (unpaired) electrons. The highest BCUT2D eigenvalue weighted by molar-refractivity contribution is 5.78. The van der Waals surface area contributed by atoms with Crippen LogP contribution in [0.1, 0.15) is 37.9 Å². The van der Waals surface area contributed by atoms with Gasteiger partial charge in [-0.15, -0.1) is 0 Å². The van der Waals surface area contributed by atoms with Crippen LogP contribution in [0.4, 0.5) is 5.82 Å². The number of aromatic nitrogens is 2. The lowest BCUT2D eigenvalue weighted by Crippen LogP contribution is -2.56. The van der Waals surface area contributed by atoms with Crippen LogP contribution in [0.2, 0.25) is 0 Å². The van der Waals surface area contributed by atoms with Crippen molar-refractivity contribution < 1.29 is 9.53 Å². The zero-order valence-electron chi connectivity index (χ0n) is 18.3. The second-order valence-electron chi connectivity index (χ2n) is 8.61. The lowest BCUT2D eigenvalue weighted by molar-refractivity contribution is -0.143. The molecule has 2 aliphatic rings. The standard InChI is InChI=1S/C23H27N7O2/c1-23(2,19-4-3-5-20(28-19)27-15-25)32-14-22(31)29-12-17-7-8-18(13-29)30(17)21-9-6-16(10-24)11-26-21/h3-6,9,11,15,17-18H,7-8,12-14H2,1-2H3,(H2,25,27,28). The Balaban J connectivity index is 1.39. The number of fused-ring (bicyclic) bond motifs is 2. The number of piperazine rings is 1. The Hall–Kier alpha value is -3.51. The Morgan fingerprint density at radius 3 is 2.72 bits per heavy atom. The molecule has 2 bridgehead atoms. The van der Waals surface area contributed by atoms with Crippen molar-refractivity contribution in [1.82, 2.24) is 14.9 Å². The number of amides is 1. The van der Waals surface area contributed by atoms with E-state index in [9.17, 15) is 4.79 Å². The lowest BCUT2D eigenvalue weighted by atomic mass is 10.0. The molecule has 4 rings (SSSR count). The highest BCUT2D eigenvalue weighted by Crippen LogP contribution is 2.34. The Bertz CT molecular complexity index is 1090. The van der Waals surface area contributed by atoms with Gasteiger partial charge in [0.05, 0.1) is 5.56 Å². The predicted molar refractivity (Wildman–Crippen MR) is 119 cm³/mol. The van der Waals surface area contributed by atoms with E-state index in [4.69, 9.17) is 15.4 Å². The first-order chi connectivity index (χ1) is 15.4. The molecule has 2 atom stereocenters. The number of aromatic amines is 1. The number of nitrogens with zero attached hydrogens (tertiary/aromatic N) is 5. The summed E-state index contributed by atoms with van der Waals surface area (Å²) in [6, 6.07) is 11.7. The molecule has 166 valence electrons. The number of carbonyl (C=O) groups excluding carboxylic acids is 1. The van der Waals surface area contributed by atoms with Gasteiger partial charge >= 0.3 is 0 Å². The van der Waals surface area contributed by atoms with Crippen LogP contribution in [-0.4, -0.2) is 58.9 Å². The zero-order chi connectivity index (χ0) is 22.7. The molecule has 0 saturated carbocycles. The number of ether oxygens (including phenoxy) is 1. The molecule has 9 nitrogen and oxygen atoms in total. The first kappa shape index (κ1) is 21.7. The maximum atomic E-state index is 13.0. The third-order valence-electron chi connectivity index (χ3n) is 6.16. The van der Waals surface area contributed by atoms with E-state index < -0.39 is 5.60 Å². The van der Waals surface area contributed by atoms with Crippen molar-refractivity contribution in [2.45, 2.75) is 44.4 Å². The van der Waals surface area contributed by atoms with Crippen molar-refractivity contribution in [1.29, 1.82) is 10.7 Å². The third kappa shape index (κ3) is 4.41. The molecule has 2 N–H and O–H groups in total. The van der Waals surface area contributed by atoms with Gasteiger partial charge in [0.1, 0.15) is 35.9 Å². The van der Waals surface area contributed by atoms with Gasteiger partial charge < -0.3 is 19.5 Å². The van der Waals surface area contributed by atoms with Gasteiger partial charge in [0.2, 0.25) is 5.91 Å². The van der Waals surface area contributed by atoms with Crippen molar-refractivity contribution in [3.8, 4) is 6.07 Å². The number of carbonyl (C=O) groups is 1. The minimum absolute atomic E-state index is 0.0126. The maximum Gasteiger partial charge on any atom is 0.248 e. The molecule has 2 aromatic rings. The van der Waals surface area contributed by atoms with Gasteiger partial charge in [0.15, 0.2) is 0 Å². The summed E-state index contributed by atoms with van der Waals surface area (Å²) >= 11 is 0. The van der Waals surface area contributed by atoms with Gasteiger partial charge in [-0.05, 0) is 51.0 Å². The van der Waals surface area contributed by atoms with E-state index in [0.29, 0.717) is 24.1 Å². The molecule has 2 aliphatic heterocycles. The van der Waals surface area contributed by atoms with Crippen molar-refractivity contribution in [3.05, 3.63) is 53.3 Å². The normalized spacial score (nSPS) is 20.8. The average Bonchev–Trinajstić information content (AvgIpc) is 3.07. The van der Waals surface area contributed by atoms with Crippen molar-refractivity contribution in [3.63, 3.8) is 0 Å². The fourth-order valence-electron chi connectivity index (χ4n) is 4.45. The Morgan fingerprint density at radius 1 is 1.34 bits per heavy atom. The first-order valence-corrected chi connectivity index (χ1v) is 10.7. The maximum absolute atomic E-state index is 13.0. The van der Waals surface area contributed by atoms with Gasteiger partial charge in [0.25, 0.3) is 0 Å². The van der Waals surface area contributed by atoms with Crippen LogP contribution in [0.5, 0.6) is 0 Å². The van der Waals surface area contributed by atoms with E-state index in [-0.39, 0.29) is 24.6 Å². The van der Waals surface area contributed by atoms with Crippen molar-refractivity contribution >= 4 is 18.1 Å². The van der Waals surface area contributed by atoms with Crippen LogP contribution in [0, 0.1) is 16.7 Å². The van der Waals surface area contributed by atoms with Gasteiger partial charge in [-0.25, -0.2) is 9.98 Å². The Kier molecular flexibility index (Phi) is 6.06. The summed E-state index contributed by atoms with van der Waals surface area (Å²) in [6.07, 6.45) is 4.61. The summed E-state index contributed by atoms with van der Waals surface area (Å²) in [5.41, 5.74) is 1.18. The highest BCUT2D eigenvalue weighted by Gasteiger charge is 2.42. The quantitative estimate of drug-likeness (QED) is 0.532. The van der Waals surface area contributed by atoms with Crippen LogP contribution in [-0.2, 0) is 15.1 Å². The molecule has 1 amide bonds. The molecule has 32 heavy (non-hydrogen) atoms. The Morgan fingerprint density at radius 2 is 2.09 bits per heavy atom. The highest BCUT2D eigenvalue weighted by atomic mass is 16.5. The number of likely N-dealkylation sites (tertiary alicyclic amines) is 1. The summed E-state index contributed by atoms with van der Waals surface area (Å²) in [6.45, 7) is 5.07. The number of hydrogen-bond acceptors (Lipinski definition) is 6. The molecular formula is C23H27N7O2. The van der Waals surface area contributed by atoms with E-state index in [1.54, 1.807) is 18.3 Å². The second-order valence-corrected chi connectivity index (χ2v) is 8.61. The van der Waals surface area contributed by atoms with Crippen LogP contribution >= 0.6 is 0 Å². The summed E-state index contributed by atoms with van der Waals surface area (Å²) in [7, 11) is 0. The minimum Gasteiger partial charge on any atom is -0.360 e. The number of H-pyrrole nitrogens is 1. The summed E-state index contributed by atoms with van der Waals surface area (Å²) in [5.74, 6) is 0.842. The first-order valence-electron chi connectivity index (χ1n) is 10.7. The predicted octanol–water partition coefficient (Wildman–Crippen LogP) is 1.92. The molecule has 2 aromatic heterocycles. The topological polar surface area (TPSA) is 121 Å². The number of pyridine rings is 2. The minimum atomic E-state index is -0.712. The van der Waals surface area contributed by atoms with Gasteiger partial charge in [-0.3, -0.25) is 10.2 Å². The number of nitrogens with one attached hydrogen (secondary N) is 2. The van der Waals surface area contributed by atoms with Crippen molar-refractivity contribution in [2.75, 3.05) is 24.6 Å².